The zero-order chi connectivity index (χ0) is 10.3. The fourth-order valence-electron chi connectivity index (χ4n) is 2.42. The van der Waals surface area contributed by atoms with Crippen molar-refractivity contribution in [2.24, 2.45) is 0 Å². The summed E-state index contributed by atoms with van der Waals surface area (Å²) in [7, 11) is 0. The molecular formula is C13H13NO. The van der Waals surface area contributed by atoms with Gasteiger partial charge in [0.05, 0.1) is 11.7 Å². The molecular weight excluding hydrogens is 186 g/mol. The predicted octanol–water partition coefficient (Wildman–Crippen LogP) is 2.82. The maximum absolute atomic E-state index is 9.37. The lowest BCUT2D eigenvalue weighted by atomic mass is 9.90. The van der Waals surface area contributed by atoms with Gasteiger partial charge in [-0.05, 0) is 42.9 Å². The first-order chi connectivity index (χ1) is 7.34. The minimum Gasteiger partial charge on any atom is -0.506 e. The number of rotatable bonds is 0. The Morgan fingerprint density at radius 3 is 2.93 bits per heavy atom. The quantitative estimate of drug-likeness (QED) is 0.707. The summed E-state index contributed by atoms with van der Waals surface area (Å²) in [4.78, 5) is 4.34. The second-order valence-electron chi connectivity index (χ2n) is 4.18. The van der Waals surface area contributed by atoms with E-state index in [1.54, 1.807) is 6.07 Å². The summed E-state index contributed by atoms with van der Waals surface area (Å²) in [5.74, 6) is 0.248. The third-order valence-electron chi connectivity index (χ3n) is 3.16. The monoisotopic (exact) mass is 199 g/mol. The van der Waals surface area contributed by atoms with Crippen LogP contribution in [0.1, 0.15) is 24.0 Å². The van der Waals surface area contributed by atoms with Gasteiger partial charge in [-0.2, -0.15) is 0 Å². The van der Waals surface area contributed by atoms with Crippen molar-refractivity contribution in [1.29, 1.82) is 0 Å². The zero-order valence-electron chi connectivity index (χ0n) is 8.53. The van der Waals surface area contributed by atoms with Crippen LogP contribution in [0.15, 0.2) is 24.4 Å². The molecule has 0 amide bonds. The first-order valence-electron chi connectivity index (χ1n) is 5.44. The second kappa shape index (κ2) is 3.23. The van der Waals surface area contributed by atoms with Gasteiger partial charge >= 0.3 is 0 Å². The van der Waals surface area contributed by atoms with Gasteiger partial charge in [0.2, 0.25) is 0 Å². The molecule has 0 spiro atoms. The molecule has 2 nitrogen and oxygen atoms in total. The SMILES string of the molecule is Oc1cnc2c3c(ccc2c1)CCCC3. The first-order valence-corrected chi connectivity index (χ1v) is 5.44. The molecule has 1 heterocycles. The second-order valence-corrected chi connectivity index (χ2v) is 4.18. The molecule has 1 aromatic carbocycles. The van der Waals surface area contributed by atoms with Gasteiger partial charge in [0.15, 0.2) is 0 Å². The summed E-state index contributed by atoms with van der Waals surface area (Å²) in [5.41, 5.74) is 3.90. The molecule has 0 saturated carbocycles. The van der Waals surface area contributed by atoms with Crippen molar-refractivity contribution in [2.75, 3.05) is 0 Å². The van der Waals surface area contributed by atoms with Gasteiger partial charge in [-0.3, -0.25) is 4.98 Å². The van der Waals surface area contributed by atoms with Gasteiger partial charge in [0.25, 0.3) is 0 Å². The highest BCUT2D eigenvalue weighted by Crippen LogP contribution is 2.28. The van der Waals surface area contributed by atoms with E-state index in [1.807, 2.05) is 0 Å². The number of aromatic hydroxyl groups is 1. The molecule has 0 fully saturated rings. The molecule has 0 saturated heterocycles. The van der Waals surface area contributed by atoms with Crippen LogP contribution >= 0.6 is 0 Å². The van der Waals surface area contributed by atoms with Crippen LogP contribution in [0.2, 0.25) is 0 Å². The third-order valence-corrected chi connectivity index (χ3v) is 3.16. The zero-order valence-corrected chi connectivity index (χ0v) is 8.53. The maximum Gasteiger partial charge on any atom is 0.134 e. The van der Waals surface area contributed by atoms with Gasteiger partial charge in [0, 0.05) is 5.39 Å². The average Bonchev–Trinajstić information content (AvgIpc) is 2.28. The molecule has 2 heteroatoms. The number of nitrogens with zero attached hydrogens (tertiary/aromatic N) is 1. The van der Waals surface area contributed by atoms with E-state index in [0.29, 0.717) is 0 Å². The van der Waals surface area contributed by atoms with Crippen molar-refractivity contribution in [3.63, 3.8) is 0 Å². The molecule has 3 rings (SSSR count). The number of pyridine rings is 1. The van der Waals surface area contributed by atoms with E-state index in [2.05, 4.69) is 17.1 Å². The smallest absolute Gasteiger partial charge is 0.134 e. The topological polar surface area (TPSA) is 33.1 Å². The number of hydrogen-bond acceptors (Lipinski definition) is 2. The lowest BCUT2D eigenvalue weighted by molar-refractivity contribution is 0.474. The number of benzene rings is 1. The Balaban J connectivity index is 2.32. The Hall–Kier alpha value is -1.57. The van der Waals surface area contributed by atoms with E-state index >= 15 is 0 Å². The van der Waals surface area contributed by atoms with Crippen LogP contribution < -0.4 is 0 Å². The predicted molar refractivity (Wildman–Crippen MR) is 60.0 cm³/mol. The normalized spacial score (nSPS) is 15.2. The molecule has 1 aliphatic rings. The molecule has 0 unspecified atom stereocenters. The molecule has 1 aliphatic carbocycles. The van der Waals surface area contributed by atoms with Crippen LogP contribution in [-0.4, -0.2) is 10.1 Å². The van der Waals surface area contributed by atoms with Gasteiger partial charge in [-0.15, -0.1) is 0 Å². The van der Waals surface area contributed by atoms with Crippen molar-refractivity contribution < 1.29 is 5.11 Å². The Morgan fingerprint density at radius 2 is 2.00 bits per heavy atom. The van der Waals surface area contributed by atoms with Crippen molar-refractivity contribution in [2.45, 2.75) is 25.7 Å². The van der Waals surface area contributed by atoms with E-state index in [-0.39, 0.29) is 5.75 Å². The van der Waals surface area contributed by atoms with Crippen molar-refractivity contribution >= 4 is 10.9 Å². The van der Waals surface area contributed by atoms with Crippen molar-refractivity contribution in [3.05, 3.63) is 35.5 Å². The van der Waals surface area contributed by atoms with Crippen LogP contribution in [0.3, 0.4) is 0 Å². The molecule has 0 atom stereocenters. The fraction of sp³-hybridized carbons (Fsp3) is 0.308. The average molecular weight is 199 g/mol. The van der Waals surface area contributed by atoms with E-state index in [1.165, 1.54) is 36.6 Å². The Bertz CT molecular complexity index is 519. The van der Waals surface area contributed by atoms with Crippen LogP contribution in [0.25, 0.3) is 10.9 Å². The minimum atomic E-state index is 0.248. The van der Waals surface area contributed by atoms with Crippen LogP contribution in [0.4, 0.5) is 0 Å². The largest absolute Gasteiger partial charge is 0.506 e. The molecule has 76 valence electrons. The van der Waals surface area contributed by atoms with Gasteiger partial charge in [-0.1, -0.05) is 12.1 Å². The highest BCUT2D eigenvalue weighted by molar-refractivity contribution is 5.84. The summed E-state index contributed by atoms with van der Waals surface area (Å²) >= 11 is 0. The standard InChI is InChI=1S/C13H13NO/c15-11-7-10-6-5-9-3-1-2-4-12(9)13(10)14-8-11/h5-8,15H,1-4H2. The molecule has 0 bridgehead atoms. The third kappa shape index (κ3) is 1.37. The molecule has 15 heavy (non-hydrogen) atoms. The summed E-state index contributed by atoms with van der Waals surface area (Å²) in [6.45, 7) is 0. The van der Waals surface area contributed by atoms with Gasteiger partial charge in [0.1, 0.15) is 5.75 Å². The number of aromatic nitrogens is 1. The summed E-state index contributed by atoms with van der Waals surface area (Å²) in [6.07, 6.45) is 6.39. The van der Waals surface area contributed by atoms with E-state index < -0.39 is 0 Å². The fourth-order valence-corrected chi connectivity index (χ4v) is 2.42. The molecule has 2 aromatic rings. The maximum atomic E-state index is 9.37. The first kappa shape index (κ1) is 8.72. The Kier molecular flexibility index (Phi) is 1.88. The van der Waals surface area contributed by atoms with E-state index in [9.17, 15) is 5.11 Å². The highest BCUT2D eigenvalue weighted by Gasteiger charge is 2.12. The van der Waals surface area contributed by atoms with Gasteiger partial charge < -0.3 is 5.11 Å². The molecule has 1 N–H and O–H groups in total. The Morgan fingerprint density at radius 1 is 1.13 bits per heavy atom. The minimum absolute atomic E-state index is 0.248. The summed E-state index contributed by atoms with van der Waals surface area (Å²) in [6, 6.07) is 6.03. The van der Waals surface area contributed by atoms with Crippen molar-refractivity contribution in [3.8, 4) is 5.75 Å². The Labute approximate surface area is 88.6 Å². The molecule has 1 aromatic heterocycles. The summed E-state index contributed by atoms with van der Waals surface area (Å²) < 4.78 is 0. The molecule has 0 aliphatic heterocycles. The lowest BCUT2D eigenvalue weighted by Crippen LogP contribution is -2.03. The summed E-state index contributed by atoms with van der Waals surface area (Å²) in [5, 5.41) is 10.4. The van der Waals surface area contributed by atoms with Gasteiger partial charge in [-0.25, -0.2) is 0 Å². The van der Waals surface area contributed by atoms with Crippen LogP contribution in [-0.2, 0) is 12.8 Å². The van der Waals surface area contributed by atoms with Crippen LogP contribution in [0.5, 0.6) is 5.75 Å². The molecule has 0 radical (unpaired) electrons. The number of hydrogen-bond donors (Lipinski definition) is 1. The van der Waals surface area contributed by atoms with Crippen LogP contribution in [0, 0.1) is 0 Å². The van der Waals surface area contributed by atoms with E-state index in [0.717, 1.165) is 17.3 Å². The lowest BCUT2D eigenvalue weighted by Gasteiger charge is -2.16. The van der Waals surface area contributed by atoms with Crippen molar-refractivity contribution in [1.82, 2.24) is 4.98 Å². The number of fused-ring (bicyclic) bond motifs is 3. The highest BCUT2D eigenvalue weighted by atomic mass is 16.3. The van der Waals surface area contributed by atoms with E-state index in [4.69, 9.17) is 0 Å². The number of aryl methyl sites for hydroxylation is 2.